The molecule has 192 valence electrons. The van der Waals surface area contributed by atoms with Crippen LogP contribution >= 0.6 is 0 Å². The van der Waals surface area contributed by atoms with Crippen molar-refractivity contribution in [3.63, 3.8) is 0 Å². The van der Waals surface area contributed by atoms with E-state index in [2.05, 4.69) is 62.4 Å². The Morgan fingerprint density at radius 2 is 0.973 bits per heavy atom. The molecule has 0 aliphatic heterocycles. The Balaban J connectivity index is 1.77. The zero-order chi connectivity index (χ0) is 26.4. The minimum absolute atomic E-state index is 0.233. The van der Waals surface area contributed by atoms with Gasteiger partial charge in [-0.3, -0.25) is 0 Å². The number of aliphatic hydroxyl groups excluding tert-OH is 2. The van der Waals surface area contributed by atoms with E-state index in [0.717, 1.165) is 44.9 Å². The average Bonchev–Trinajstić information content (AvgIpc) is 2.91. The lowest BCUT2D eigenvalue weighted by Crippen LogP contribution is -2.20. The van der Waals surface area contributed by atoms with Crippen LogP contribution in [0.25, 0.3) is 22.3 Å². The van der Waals surface area contributed by atoms with E-state index in [1.807, 2.05) is 48.5 Å². The molecule has 2 atom stereocenters. The van der Waals surface area contributed by atoms with Crippen LogP contribution in [0.1, 0.15) is 38.8 Å². The molecule has 4 aromatic rings. The van der Waals surface area contributed by atoms with Gasteiger partial charge in [0.25, 0.3) is 0 Å². The van der Waals surface area contributed by atoms with Crippen LogP contribution in [0, 0.1) is 0 Å². The molecule has 0 amide bonds. The predicted octanol–water partition coefficient (Wildman–Crippen LogP) is 6.87. The predicted molar refractivity (Wildman–Crippen MR) is 150 cm³/mol. The smallest absolute Gasteiger partial charge is 0.127 e. The van der Waals surface area contributed by atoms with Crippen LogP contribution in [0.2, 0.25) is 0 Å². The van der Waals surface area contributed by atoms with Crippen molar-refractivity contribution in [1.29, 1.82) is 0 Å². The van der Waals surface area contributed by atoms with E-state index in [1.54, 1.807) is 13.8 Å². The Morgan fingerprint density at radius 1 is 0.595 bits per heavy atom. The second-order valence-corrected chi connectivity index (χ2v) is 10.1. The Labute approximate surface area is 220 Å². The Bertz CT molecular complexity index is 1190. The van der Waals surface area contributed by atoms with E-state index < -0.39 is 12.2 Å². The minimum atomic E-state index is -0.550. The maximum absolute atomic E-state index is 9.77. The van der Waals surface area contributed by atoms with Crippen LogP contribution in [0.3, 0.4) is 0 Å². The highest BCUT2D eigenvalue weighted by atomic mass is 16.5. The van der Waals surface area contributed by atoms with E-state index in [4.69, 9.17) is 9.47 Å². The van der Waals surface area contributed by atoms with Gasteiger partial charge in [0.2, 0.25) is 0 Å². The van der Waals surface area contributed by atoms with Crippen molar-refractivity contribution in [3.8, 4) is 33.8 Å². The number of rotatable bonds is 10. The molecule has 0 aromatic heterocycles. The molecular weight excluding hydrogens is 460 g/mol. The molecule has 4 rings (SSSR count). The SMILES string of the molecule is CC(O)COc1ccc(C(C)(C)c2ccc(OCC(C)O)c(-c3ccccc3)c2)cc1-c1ccccc1. The maximum Gasteiger partial charge on any atom is 0.127 e. The molecule has 0 radical (unpaired) electrons. The molecule has 2 unspecified atom stereocenters. The molecule has 4 aromatic carbocycles. The van der Waals surface area contributed by atoms with Gasteiger partial charge < -0.3 is 19.7 Å². The third-order valence-electron chi connectivity index (χ3n) is 6.53. The first-order valence-corrected chi connectivity index (χ1v) is 12.8. The van der Waals surface area contributed by atoms with Gasteiger partial charge in [0, 0.05) is 16.5 Å². The maximum atomic E-state index is 9.77. The molecule has 0 aliphatic rings. The normalized spacial score (nSPS) is 13.1. The van der Waals surface area contributed by atoms with Crippen molar-refractivity contribution >= 4 is 0 Å². The standard InChI is InChI=1S/C33H36O4/c1-23(34)21-36-31-17-15-27(19-29(31)25-11-7-5-8-12-25)33(3,4)28-16-18-32(37-22-24(2)35)30(20-28)26-13-9-6-10-14-26/h5-20,23-24,34-35H,21-22H2,1-4H3. The number of aliphatic hydroxyl groups is 2. The van der Waals surface area contributed by atoms with Crippen molar-refractivity contribution < 1.29 is 19.7 Å². The van der Waals surface area contributed by atoms with E-state index in [1.165, 1.54) is 0 Å². The summed E-state index contributed by atoms with van der Waals surface area (Å²) in [5, 5.41) is 19.5. The topological polar surface area (TPSA) is 58.9 Å². The fraction of sp³-hybridized carbons (Fsp3) is 0.273. The first-order valence-electron chi connectivity index (χ1n) is 12.8. The van der Waals surface area contributed by atoms with E-state index in [0.29, 0.717) is 0 Å². The van der Waals surface area contributed by atoms with E-state index in [9.17, 15) is 10.2 Å². The van der Waals surface area contributed by atoms with Crippen LogP contribution in [0.5, 0.6) is 11.5 Å². The first-order chi connectivity index (χ1) is 17.8. The van der Waals surface area contributed by atoms with Crippen LogP contribution in [-0.4, -0.2) is 35.6 Å². The second kappa shape index (κ2) is 11.6. The summed E-state index contributed by atoms with van der Waals surface area (Å²) >= 11 is 0. The largest absolute Gasteiger partial charge is 0.490 e. The third kappa shape index (κ3) is 6.40. The van der Waals surface area contributed by atoms with E-state index in [-0.39, 0.29) is 18.6 Å². The molecule has 0 aliphatic carbocycles. The number of hydrogen-bond donors (Lipinski definition) is 2. The fourth-order valence-corrected chi connectivity index (χ4v) is 4.36. The number of benzene rings is 4. The van der Waals surface area contributed by atoms with Crippen LogP contribution in [0.4, 0.5) is 0 Å². The number of hydrogen-bond acceptors (Lipinski definition) is 4. The van der Waals surface area contributed by atoms with Gasteiger partial charge in [0.1, 0.15) is 24.7 Å². The fourth-order valence-electron chi connectivity index (χ4n) is 4.36. The minimum Gasteiger partial charge on any atom is -0.490 e. The lowest BCUT2D eigenvalue weighted by atomic mass is 9.76. The van der Waals surface area contributed by atoms with Crippen LogP contribution in [-0.2, 0) is 5.41 Å². The summed E-state index contributed by atoms with van der Waals surface area (Å²) in [6.45, 7) is 8.34. The van der Waals surface area contributed by atoms with Gasteiger partial charge in [-0.05, 0) is 60.4 Å². The summed E-state index contributed by atoms with van der Waals surface area (Å²) in [6.07, 6.45) is -1.10. The van der Waals surface area contributed by atoms with Crippen LogP contribution in [0.15, 0.2) is 97.1 Å². The van der Waals surface area contributed by atoms with Crippen molar-refractivity contribution in [2.45, 2.75) is 45.3 Å². The number of ether oxygens (including phenoxy) is 2. The molecule has 37 heavy (non-hydrogen) atoms. The van der Waals surface area contributed by atoms with Gasteiger partial charge in [0.05, 0.1) is 12.2 Å². The monoisotopic (exact) mass is 496 g/mol. The summed E-state index contributed by atoms with van der Waals surface area (Å²) in [7, 11) is 0. The average molecular weight is 497 g/mol. The Morgan fingerprint density at radius 3 is 1.32 bits per heavy atom. The highest BCUT2D eigenvalue weighted by molar-refractivity contribution is 5.74. The van der Waals surface area contributed by atoms with Crippen molar-refractivity contribution in [2.24, 2.45) is 0 Å². The van der Waals surface area contributed by atoms with E-state index >= 15 is 0 Å². The molecule has 2 N–H and O–H groups in total. The second-order valence-electron chi connectivity index (χ2n) is 10.1. The van der Waals surface area contributed by atoms with Crippen LogP contribution < -0.4 is 9.47 Å². The highest BCUT2D eigenvalue weighted by Crippen LogP contribution is 2.41. The molecular formula is C33H36O4. The van der Waals surface area contributed by atoms with Gasteiger partial charge in [0.15, 0.2) is 0 Å². The summed E-state index contributed by atoms with van der Waals surface area (Å²) in [6, 6.07) is 32.9. The molecule has 0 fully saturated rings. The molecule has 4 nitrogen and oxygen atoms in total. The molecule has 0 bridgehead atoms. The van der Waals surface area contributed by atoms with Gasteiger partial charge in [-0.15, -0.1) is 0 Å². The summed E-state index contributed by atoms with van der Waals surface area (Å²) < 4.78 is 12.0. The molecule has 0 saturated carbocycles. The zero-order valence-electron chi connectivity index (χ0n) is 22.0. The Hall–Kier alpha value is -3.60. The molecule has 0 saturated heterocycles. The summed E-state index contributed by atoms with van der Waals surface area (Å²) in [5.74, 6) is 1.50. The summed E-state index contributed by atoms with van der Waals surface area (Å²) in [5.41, 5.74) is 6.08. The third-order valence-corrected chi connectivity index (χ3v) is 6.53. The highest BCUT2D eigenvalue weighted by Gasteiger charge is 2.26. The first kappa shape index (κ1) is 26.5. The zero-order valence-corrected chi connectivity index (χ0v) is 22.0. The van der Waals surface area contributed by atoms with Gasteiger partial charge in [-0.25, -0.2) is 0 Å². The van der Waals surface area contributed by atoms with Gasteiger partial charge in [-0.2, -0.15) is 0 Å². The molecule has 0 heterocycles. The van der Waals surface area contributed by atoms with Crippen molar-refractivity contribution in [2.75, 3.05) is 13.2 Å². The van der Waals surface area contributed by atoms with Crippen molar-refractivity contribution in [3.05, 3.63) is 108 Å². The van der Waals surface area contributed by atoms with Crippen molar-refractivity contribution in [1.82, 2.24) is 0 Å². The molecule has 0 spiro atoms. The quantitative estimate of drug-likeness (QED) is 0.252. The Kier molecular flexibility index (Phi) is 8.32. The lowest BCUT2D eigenvalue weighted by Gasteiger charge is -2.29. The molecule has 4 heteroatoms. The summed E-state index contributed by atoms with van der Waals surface area (Å²) in [4.78, 5) is 0. The van der Waals surface area contributed by atoms with Gasteiger partial charge >= 0.3 is 0 Å². The van der Waals surface area contributed by atoms with Gasteiger partial charge in [-0.1, -0.05) is 86.6 Å². The lowest BCUT2D eigenvalue weighted by molar-refractivity contribution is 0.123.